The average Bonchev–Trinajstić information content (AvgIpc) is 3.07. The van der Waals surface area contributed by atoms with E-state index in [1.54, 1.807) is 18.3 Å². The minimum absolute atomic E-state index is 0.316. The second kappa shape index (κ2) is 7.35. The maximum absolute atomic E-state index is 6.18. The van der Waals surface area contributed by atoms with E-state index in [1.165, 1.54) is 0 Å². The number of nitrogens with one attached hydrogen (secondary N) is 1. The average molecular weight is 370 g/mol. The van der Waals surface area contributed by atoms with Crippen molar-refractivity contribution >= 4 is 17.4 Å². The maximum atomic E-state index is 6.18. The van der Waals surface area contributed by atoms with Crippen molar-refractivity contribution in [3.63, 3.8) is 0 Å². The highest BCUT2D eigenvalue weighted by molar-refractivity contribution is 6.30. The van der Waals surface area contributed by atoms with Crippen molar-refractivity contribution in [1.29, 1.82) is 0 Å². The molecule has 0 bridgehead atoms. The smallest absolute Gasteiger partial charge is 0.219 e. The first-order valence-corrected chi connectivity index (χ1v) is 9.02. The molecule has 0 spiro atoms. The van der Waals surface area contributed by atoms with E-state index in [-0.39, 0.29) is 0 Å². The molecule has 1 aromatic carbocycles. The molecule has 3 N–H and O–H groups in total. The van der Waals surface area contributed by atoms with Crippen LogP contribution < -0.4 is 15.8 Å². The Kier molecular flexibility index (Phi) is 4.77. The van der Waals surface area contributed by atoms with Gasteiger partial charge in [0.15, 0.2) is 0 Å². The number of halogens is 1. The summed E-state index contributed by atoms with van der Waals surface area (Å²) in [7, 11) is 0. The number of benzene rings is 1. The number of anilines is 1. The largest absolute Gasteiger partial charge is 0.439 e. The maximum Gasteiger partial charge on any atom is 0.219 e. The van der Waals surface area contributed by atoms with Gasteiger partial charge in [-0.2, -0.15) is 5.10 Å². The molecule has 1 atom stereocenters. The van der Waals surface area contributed by atoms with Crippen LogP contribution in [0.1, 0.15) is 18.9 Å². The lowest BCUT2D eigenvalue weighted by Gasteiger charge is -2.23. The Hall–Kier alpha value is -2.57. The van der Waals surface area contributed by atoms with E-state index in [4.69, 9.17) is 27.2 Å². The second-order valence-corrected chi connectivity index (χ2v) is 6.78. The van der Waals surface area contributed by atoms with Gasteiger partial charge < -0.3 is 15.8 Å². The van der Waals surface area contributed by atoms with E-state index in [1.807, 2.05) is 35.0 Å². The Morgan fingerprint density at radius 1 is 1.19 bits per heavy atom. The van der Waals surface area contributed by atoms with Gasteiger partial charge in [0.25, 0.3) is 0 Å². The molecule has 3 aromatic rings. The molecular formula is C19H20ClN5O. The lowest BCUT2D eigenvalue weighted by atomic mass is 10.1. The number of hydrogen-bond acceptors (Lipinski definition) is 5. The standard InChI is InChI=1S/C19H20ClN5O/c20-14-5-8-19(23-11-14)26-16-6-3-13(4-7-16)17-10-18(21)25(24-17)15-2-1-9-22-12-15/h3-8,10-11,15,22H,1-2,9,12,21H2. The Labute approximate surface area is 156 Å². The Bertz CT molecular complexity index is 870. The van der Waals surface area contributed by atoms with Crippen molar-refractivity contribution < 1.29 is 4.74 Å². The fourth-order valence-electron chi connectivity index (χ4n) is 3.12. The Morgan fingerprint density at radius 2 is 2.04 bits per heavy atom. The summed E-state index contributed by atoms with van der Waals surface area (Å²) in [4.78, 5) is 4.13. The third kappa shape index (κ3) is 3.66. The third-order valence-electron chi connectivity index (χ3n) is 4.45. The summed E-state index contributed by atoms with van der Waals surface area (Å²) in [6.07, 6.45) is 3.80. The quantitative estimate of drug-likeness (QED) is 0.729. The summed E-state index contributed by atoms with van der Waals surface area (Å²) in [5.41, 5.74) is 8.04. The zero-order valence-corrected chi connectivity index (χ0v) is 15.0. The number of aromatic nitrogens is 3. The summed E-state index contributed by atoms with van der Waals surface area (Å²) < 4.78 is 7.65. The SMILES string of the molecule is Nc1cc(-c2ccc(Oc3ccc(Cl)cn3)cc2)nn1C1CCCNC1. The van der Waals surface area contributed by atoms with Crippen LogP contribution in [-0.2, 0) is 0 Å². The number of nitrogens with two attached hydrogens (primary N) is 1. The zero-order valence-electron chi connectivity index (χ0n) is 14.2. The number of pyridine rings is 1. The highest BCUT2D eigenvalue weighted by Gasteiger charge is 2.19. The first-order valence-electron chi connectivity index (χ1n) is 8.64. The fraction of sp³-hybridized carbons (Fsp3) is 0.263. The van der Waals surface area contributed by atoms with E-state index in [9.17, 15) is 0 Å². The van der Waals surface area contributed by atoms with E-state index in [2.05, 4.69) is 10.3 Å². The molecule has 1 saturated heterocycles. The molecule has 1 unspecified atom stereocenters. The van der Waals surface area contributed by atoms with Crippen molar-refractivity contribution in [2.75, 3.05) is 18.8 Å². The van der Waals surface area contributed by atoms with Gasteiger partial charge in [-0.05, 0) is 49.7 Å². The van der Waals surface area contributed by atoms with Gasteiger partial charge in [0, 0.05) is 30.4 Å². The van der Waals surface area contributed by atoms with Crippen molar-refractivity contribution in [1.82, 2.24) is 20.1 Å². The minimum atomic E-state index is 0.316. The van der Waals surface area contributed by atoms with E-state index in [0.29, 0.717) is 28.5 Å². The van der Waals surface area contributed by atoms with E-state index in [0.717, 1.165) is 37.2 Å². The van der Waals surface area contributed by atoms with Gasteiger partial charge in [-0.15, -0.1) is 0 Å². The Balaban J connectivity index is 1.50. The number of rotatable bonds is 4. The molecule has 4 rings (SSSR count). The second-order valence-electron chi connectivity index (χ2n) is 6.34. The van der Waals surface area contributed by atoms with Crippen LogP contribution in [0, 0.1) is 0 Å². The highest BCUT2D eigenvalue weighted by atomic mass is 35.5. The summed E-state index contributed by atoms with van der Waals surface area (Å²) >= 11 is 5.83. The van der Waals surface area contributed by atoms with E-state index >= 15 is 0 Å². The lowest BCUT2D eigenvalue weighted by molar-refractivity contribution is 0.351. The minimum Gasteiger partial charge on any atom is -0.439 e. The van der Waals surface area contributed by atoms with Gasteiger partial charge in [0.05, 0.1) is 16.8 Å². The zero-order chi connectivity index (χ0) is 17.9. The van der Waals surface area contributed by atoms with E-state index < -0.39 is 0 Å². The van der Waals surface area contributed by atoms with Crippen LogP contribution >= 0.6 is 11.6 Å². The third-order valence-corrected chi connectivity index (χ3v) is 4.68. The monoisotopic (exact) mass is 369 g/mol. The van der Waals surface area contributed by atoms with Crippen LogP contribution in [0.15, 0.2) is 48.7 Å². The van der Waals surface area contributed by atoms with Crippen LogP contribution in [0.4, 0.5) is 5.82 Å². The first-order chi connectivity index (χ1) is 12.7. The molecule has 0 aliphatic carbocycles. The molecule has 0 saturated carbocycles. The van der Waals surface area contributed by atoms with Crippen LogP contribution in [-0.4, -0.2) is 27.9 Å². The summed E-state index contributed by atoms with van der Waals surface area (Å²) in [5, 5.41) is 8.69. The van der Waals surface area contributed by atoms with Gasteiger partial charge in [0.2, 0.25) is 5.88 Å². The number of nitrogens with zero attached hydrogens (tertiary/aromatic N) is 3. The summed E-state index contributed by atoms with van der Waals surface area (Å²) in [5.74, 6) is 1.90. The molecule has 0 radical (unpaired) electrons. The molecule has 0 amide bonds. The van der Waals surface area contributed by atoms with Crippen molar-refractivity contribution in [2.45, 2.75) is 18.9 Å². The first kappa shape index (κ1) is 16.9. The fourth-order valence-corrected chi connectivity index (χ4v) is 3.23. The number of ether oxygens (including phenoxy) is 1. The van der Waals surface area contributed by atoms with Crippen LogP contribution in [0.3, 0.4) is 0 Å². The number of hydrogen-bond donors (Lipinski definition) is 2. The molecule has 134 valence electrons. The molecule has 1 aliphatic heterocycles. The molecule has 7 heteroatoms. The van der Waals surface area contributed by atoms with Gasteiger partial charge in [0.1, 0.15) is 11.6 Å². The van der Waals surface area contributed by atoms with Crippen molar-refractivity contribution in [3.8, 4) is 22.9 Å². The molecule has 1 aliphatic rings. The molecular weight excluding hydrogens is 350 g/mol. The van der Waals surface area contributed by atoms with Gasteiger partial charge in [-0.1, -0.05) is 11.6 Å². The number of nitrogen functional groups attached to an aromatic ring is 1. The molecule has 3 heterocycles. The normalized spacial score (nSPS) is 17.2. The predicted molar refractivity (Wildman–Crippen MR) is 103 cm³/mol. The Morgan fingerprint density at radius 3 is 2.73 bits per heavy atom. The van der Waals surface area contributed by atoms with Crippen molar-refractivity contribution in [3.05, 3.63) is 53.7 Å². The molecule has 6 nitrogen and oxygen atoms in total. The van der Waals surface area contributed by atoms with Crippen LogP contribution in [0.2, 0.25) is 5.02 Å². The van der Waals surface area contributed by atoms with Crippen molar-refractivity contribution in [2.24, 2.45) is 0 Å². The van der Waals surface area contributed by atoms with Crippen LogP contribution in [0.5, 0.6) is 11.6 Å². The summed E-state index contributed by atoms with van der Waals surface area (Å²) in [6, 6.07) is 13.4. The van der Waals surface area contributed by atoms with Crippen LogP contribution in [0.25, 0.3) is 11.3 Å². The predicted octanol–water partition coefficient (Wildman–Crippen LogP) is 3.90. The lowest BCUT2D eigenvalue weighted by Crippen LogP contribution is -2.32. The number of piperidine rings is 1. The van der Waals surface area contributed by atoms with Gasteiger partial charge in [-0.25, -0.2) is 9.67 Å². The topological polar surface area (TPSA) is 78.0 Å². The summed E-state index contributed by atoms with van der Waals surface area (Å²) in [6.45, 7) is 1.97. The molecule has 26 heavy (non-hydrogen) atoms. The van der Waals surface area contributed by atoms with Gasteiger partial charge >= 0.3 is 0 Å². The molecule has 2 aromatic heterocycles. The molecule has 1 fully saturated rings. The highest BCUT2D eigenvalue weighted by Crippen LogP contribution is 2.28. The van der Waals surface area contributed by atoms with Gasteiger partial charge in [-0.3, -0.25) is 0 Å².